The molecule has 1 rings (SSSR count). The third kappa shape index (κ3) is 7.16. The molecule has 1 aromatic rings. The third-order valence-electron chi connectivity index (χ3n) is 3.73. The number of methoxy groups -OCH3 is 2. The molecule has 0 saturated carbocycles. The highest BCUT2D eigenvalue weighted by molar-refractivity contribution is 5.95. The van der Waals surface area contributed by atoms with Crippen molar-refractivity contribution in [2.75, 3.05) is 41.0 Å². The molecule has 1 aromatic carbocycles. The van der Waals surface area contributed by atoms with Gasteiger partial charge in [0.25, 0.3) is 11.8 Å². The largest absolute Gasteiger partial charge is 0.493 e. The van der Waals surface area contributed by atoms with Crippen molar-refractivity contribution >= 4 is 17.8 Å². The van der Waals surface area contributed by atoms with Gasteiger partial charge in [0.2, 0.25) is 0 Å². The SMILES string of the molecule is CNC(=O)COc1ccc(C(=O)N(CCC(=O)OC)CC(C)C)cc1OC. The molecular formula is C19H28N2O6. The Balaban J connectivity index is 2.96. The maximum atomic E-state index is 12.9. The number of hydrogen-bond donors (Lipinski definition) is 1. The number of rotatable bonds is 10. The fraction of sp³-hybridized carbons (Fsp3) is 0.526. The van der Waals surface area contributed by atoms with Crippen LogP contribution in [0.15, 0.2) is 18.2 Å². The molecule has 0 aliphatic heterocycles. The highest BCUT2D eigenvalue weighted by Crippen LogP contribution is 2.28. The van der Waals surface area contributed by atoms with Crippen molar-refractivity contribution in [2.24, 2.45) is 5.92 Å². The molecule has 0 heterocycles. The minimum atomic E-state index is -0.368. The summed E-state index contributed by atoms with van der Waals surface area (Å²) in [6.45, 7) is 4.61. The Kier molecular flexibility index (Phi) is 9.12. The van der Waals surface area contributed by atoms with Crippen molar-refractivity contribution < 1.29 is 28.6 Å². The second kappa shape index (κ2) is 11.1. The number of esters is 1. The summed E-state index contributed by atoms with van der Waals surface area (Å²) in [6, 6.07) is 4.76. The first-order valence-electron chi connectivity index (χ1n) is 8.69. The second-order valence-electron chi connectivity index (χ2n) is 6.30. The zero-order valence-electron chi connectivity index (χ0n) is 16.5. The van der Waals surface area contributed by atoms with Crippen LogP contribution < -0.4 is 14.8 Å². The molecule has 0 aliphatic carbocycles. The lowest BCUT2D eigenvalue weighted by molar-refractivity contribution is -0.140. The average molecular weight is 380 g/mol. The van der Waals surface area contributed by atoms with Crippen molar-refractivity contribution in [2.45, 2.75) is 20.3 Å². The van der Waals surface area contributed by atoms with Crippen LogP contribution in [0.4, 0.5) is 0 Å². The van der Waals surface area contributed by atoms with Gasteiger partial charge in [-0.2, -0.15) is 0 Å². The van der Waals surface area contributed by atoms with Crippen molar-refractivity contribution in [3.63, 3.8) is 0 Å². The first kappa shape index (κ1) is 22.3. The molecule has 0 spiro atoms. The molecule has 8 nitrogen and oxygen atoms in total. The zero-order valence-corrected chi connectivity index (χ0v) is 16.5. The topological polar surface area (TPSA) is 94.2 Å². The van der Waals surface area contributed by atoms with Crippen LogP contribution in [0, 0.1) is 5.92 Å². The number of likely N-dealkylation sites (N-methyl/N-ethyl adjacent to an activating group) is 1. The van der Waals surface area contributed by atoms with Gasteiger partial charge in [0, 0.05) is 25.7 Å². The minimum absolute atomic E-state index is 0.124. The van der Waals surface area contributed by atoms with Crippen LogP contribution in [0.2, 0.25) is 0 Å². The molecule has 150 valence electrons. The lowest BCUT2D eigenvalue weighted by Gasteiger charge is -2.24. The summed E-state index contributed by atoms with van der Waals surface area (Å²) in [5.74, 6) is 0.0902. The van der Waals surface area contributed by atoms with E-state index in [1.165, 1.54) is 21.3 Å². The Morgan fingerprint density at radius 2 is 1.85 bits per heavy atom. The monoisotopic (exact) mass is 380 g/mol. The van der Waals surface area contributed by atoms with E-state index in [1.807, 2.05) is 13.8 Å². The predicted molar refractivity (Wildman–Crippen MR) is 99.9 cm³/mol. The van der Waals surface area contributed by atoms with Gasteiger partial charge in [-0.05, 0) is 24.1 Å². The van der Waals surface area contributed by atoms with E-state index < -0.39 is 0 Å². The van der Waals surface area contributed by atoms with Crippen LogP contribution in [0.25, 0.3) is 0 Å². The van der Waals surface area contributed by atoms with Gasteiger partial charge in [0.05, 0.1) is 20.6 Å². The van der Waals surface area contributed by atoms with Gasteiger partial charge in [-0.3, -0.25) is 14.4 Å². The fourth-order valence-corrected chi connectivity index (χ4v) is 2.36. The normalized spacial score (nSPS) is 10.3. The highest BCUT2D eigenvalue weighted by Gasteiger charge is 2.20. The van der Waals surface area contributed by atoms with E-state index in [-0.39, 0.29) is 43.3 Å². The van der Waals surface area contributed by atoms with Crippen molar-refractivity contribution in [1.82, 2.24) is 10.2 Å². The van der Waals surface area contributed by atoms with Crippen LogP contribution in [0.3, 0.4) is 0 Å². The lowest BCUT2D eigenvalue weighted by atomic mass is 10.1. The average Bonchev–Trinajstić information content (AvgIpc) is 2.67. The maximum absolute atomic E-state index is 12.9. The van der Waals surface area contributed by atoms with Gasteiger partial charge in [-0.1, -0.05) is 13.8 Å². The van der Waals surface area contributed by atoms with Crippen LogP contribution in [0.5, 0.6) is 11.5 Å². The number of amides is 2. The van der Waals surface area contributed by atoms with Gasteiger partial charge < -0.3 is 24.4 Å². The third-order valence-corrected chi connectivity index (χ3v) is 3.73. The number of hydrogen-bond acceptors (Lipinski definition) is 6. The van der Waals surface area contributed by atoms with Crippen molar-refractivity contribution in [1.29, 1.82) is 0 Å². The molecule has 0 bridgehead atoms. The van der Waals surface area contributed by atoms with E-state index in [0.717, 1.165) is 0 Å². The van der Waals surface area contributed by atoms with Crippen LogP contribution in [0.1, 0.15) is 30.6 Å². The fourth-order valence-electron chi connectivity index (χ4n) is 2.36. The molecule has 0 aliphatic rings. The van der Waals surface area contributed by atoms with Gasteiger partial charge in [0.1, 0.15) is 0 Å². The lowest BCUT2D eigenvalue weighted by Crippen LogP contribution is -2.36. The quantitative estimate of drug-likeness (QED) is 0.618. The Morgan fingerprint density at radius 3 is 2.41 bits per heavy atom. The minimum Gasteiger partial charge on any atom is -0.493 e. The predicted octanol–water partition coefficient (Wildman–Crippen LogP) is 1.48. The molecule has 8 heteroatoms. The maximum Gasteiger partial charge on any atom is 0.307 e. The molecule has 1 N–H and O–H groups in total. The van der Waals surface area contributed by atoms with E-state index in [4.69, 9.17) is 9.47 Å². The Labute approximate surface area is 159 Å². The summed E-state index contributed by atoms with van der Waals surface area (Å²) >= 11 is 0. The number of ether oxygens (including phenoxy) is 3. The molecule has 0 atom stereocenters. The van der Waals surface area contributed by atoms with Crippen molar-refractivity contribution in [3.8, 4) is 11.5 Å². The number of nitrogens with one attached hydrogen (secondary N) is 1. The Morgan fingerprint density at radius 1 is 1.15 bits per heavy atom. The summed E-state index contributed by atoms with van der Waals surface area (Å²) < 4.78 is 15.3. The van der Waals surface area contributed by atoms with Crippen LogP contribution in [-0.2, 0) is 14.3 Å². The van der Waals surface area contributed by atoms with Crippen LogP contribution >= 0.6 is 0 Å². The van der Waals surface area contributed by atoms with Gasteiger partial charge in [-0.15, -0.1) is 0 Å². The molecule has 2 amide bonds. The first-order chi connectivity index (χ1) is 12.8. The molecule has 0 radical (unpaired) electrons. The summed E-state index contributed by atoms with van der Waals surface area (Å²) in [4.78, 5) is 37.3. The first-order valence-corrected chi connectivity index (χ1v) is 8.69. The molecule has 0 saturated heterocycles. The van der Waals surface area contributed by atoms with E-state index >= 15 is 0 Å². The molecule has 0 fully saturated rings. The second-order valence-corrected chi connectivity index (χ2v) is 6.30. The number of benzene rings is 1. The van der Waals surface area contributed by atoms with E-state index in [9.17, 15) is 14.4 Å². The van der Waals surface area contributed by atoms with Gasteiger partial charge in [-0.25, -0.2) is 0 Å². The summed E-state index contributed by atoms with van der Waals surface area (Å²) in [5, 5.41) is 2.46. The highest BCUT2D eigenvalue weighted by atomic mass is 16.5. The number of carbonyl (C=O) groups is 3. The zero-order chi connectivity index (χ0) is 20.4. The number of nitrogens with zero attached hydrogens (tertiary/aromatic N) is 1. The van der Waals surface area contributed by atoms with E-state index in [2.05, 4.69) is 10.1 Å². The number of carbonyl (C=O) groups excluding carboxylic acids is 3. The Hall–Kier alpha value is -2.77. The molecule has 0 unspecified atom stereocenters. The molecule has 0 aromatic heterocycles. The smallest absolute Gasteiger partial charge is 0.307 e. The summed E-state index contributed by atoms with van der Waals surface area (Å²) in [6.07, 6.45) is 0.124. The van der Waals surface area contributed by atoms with Crippen molar-refractivity contribution in [3.05, 3.63) is 23.8 Å². The van der Waals surface area contributed by atoms with E-state index in [0.29, 0.717) is 23.6 Å². The standard InChI is InChI=1S/C19H28N2O6/c1-13(2)11-21(9-8-18(23)26-5)19(24)14-6-7-15(16(10-14)25-4)27-12-17(22)20-3/h6-7,10,13H,8-9,11-12H2,1-5H3,(H,20,22). The molecular weight excluding hydrogens is 352 g/mol. The van der Waals surface area contributed by atoms with Gasteiger partial charge in [0.15, 0.2) is 18.1 Å². The molecule has 27 heavy (non-hydrogen) atoms. The van der Waals surface area contributed by atoms with E-state index in [1.54, 1.807) is 23.1 Å². The summed E-state index contributed by atoms with van der Waals surface area (Å²) in [7, 11) is 4.29. The van der Waals surface area contributed by atoms with Crippen LogP contribution in [-0.4, -0.2) is 63.6 Å². The van der Waals surface area contributed by atoms with Gasteiger partial charge >= 0.3 is 5.97 Å². The Bertz CT molecular complexity index is 660. The summed E-state index contributed by atoms with van der Waals surface area (Å²) in [5.41, 5.74) is 0.407.